The Hall–Kier alpha value is -1.24. The molecule has 0 saturated heterocycles. The largest absolute Gasteiger partial charge is 0.497 e. The van der Waals surface area contributed by atoms with Crippen LogP contribution in [-0.2, 0) is 6.54 Å². The lowest BCUT2D eigenvalue weighted by molar-refractivity contribution is 0.414. The van der Waals surface area contributed by atoms with Crippen LogP contribution in [0.1, 0.15) is 30.9 Å². The summed E-state index contributed by atoms with van der Waals surface area (Å²) in [6.45, 7) is 5.67. The highest BCUT2D eigenvalue weighted by Crippen LogP contribution is 2.17. The molecule has 0 fully saturated rings. The first-order valence-electron chi connectivity index (χ1n) is 7.55. The molecule has 1 aromatic carbocycles. The summed E-state index contributed by atoms with van der Waals surface area (Å²) in [6.07, 6.45) is 6.57. The molecule has 22 heavy (non-hydrogen) atoms. The summed E-state index contributed by atoms with van der Waals surface area (Å²) >= 11 is 0. The maximum Gasteiger partial charge on any atom is 0.191 e. The van der Waals surface area contributed by atoms with Crippen LogP contribution in [0.2, 0.25) is 0 Å². The Labute approximate surface area is 150 Å². The summed E-state index contributed by atoms with van der Waals surface area (Å²) in [5.41, 5.74) is 2.35. The average Bonchev–Trinajstić information content (AvgIpc) is 2.97. The summed E-state index contributed by atoms with van der Waals surface area (Å²) < 4.78 is 5.31. The first-order chi connectivity index (χ1) is 10.2. The first kappa shape index (κ1) is 18.8. The molecule has 0 atom stereocenters. The van der Waals surface area contributed by atoms with Gasteiger partial charge in [0, 0.05) is 12.6 Å². The molecule has 0 aliphatic heterocycles. The summed E-state index contributed by atoms with van der Waals surface area (Å²) in [4.78, 5) is 4.67. The Morgan fingerprint density at radius 2 is 2.00 bits per heavy atom. The zero-order chi connectivity index (χ0) is 15.1. The van der Waals surface area contributed by atoms with E-state index in [0.29, 0.717) is 12.6 Å². The fourth-order valence-corrected chi connectivity index (χ4v) is 2.45. The summed E-state index contributed by atoms with van der Waals surface area (Å²) in [5.74, 6) is 1.77. The molecule has 2 N–H and O–H groups in total. The van der Waals surface area contributed by atoms with Gasteiger partial charge >= 0.3 is 0 Å². The number of benzene rings is 1. The van der Waals surface area contributed by atoms with Crippen molar-refractivity contribution >= 4 is 29.9 Å². The Kier molecular flexibility index (Phi) is 8.30. The lowest BCUT2D eigenvalue weighted by Gasteiger charge is -2.16. The van der Waals surface area contributed by atoms with Crippen LogP contribution < -0.4 is 15.4 Å². The van der Waals surface area contributed by atoms with E-state index in [9.17, 15) is 0 Å². The minimum Gasteiger partial charge on any atom is -0.497 e. The topological polar surface area (TPSA) is 45.7 Å². The molecule has 0 saturated carbocycles. The van der Waals surface area contributed by atoms with Crippen LogP contribution in [0.3, 0.4) is 0 Å². The molecule has 4 nitrogen and oxygen atoms in total. The highest BCUT2D eigenvalue weighted by molar-refractivity contribution is 14.0. The van der Waals surface area contributed by atoms with Crippen molar-refractivity contribution in [1.82, 2.24) is 10.6 Å². The Bertz CT molecular complexity index is 521. The Balaban J connectivity index is 0.00000242. The standard InChI is InChI=1S/C17H25N3O.HI/c1-4-18-17(20-15-7-5-6-8-15)19-12-14-9-13(2)10-16(11-14)21-3;/h5-6,9-11,15H,4,7-8,12H2,1-3H3,(H2,18,19,20);1H. The minimum absolute atomic E-state index is 0. The van der Waals surface area contributed by atoms with Crippen LogP contribution in [0.5, 0.6) is 5.75 Å². The third-order valence-corrected chi connectivity index (χ3v) is 3.46. The first-order valence-corrected chi connectivity index (χ1v) is 7.55. The van der Waals surface area contributed by atoms with Crippen LogP contribution in [-0.4, -0.2) is 25.7 Å². The number of aliphatic imine (C=N–C) groups is 1. The predicted molar refractivity (Wildman–Crippen MR) is 103 cm³/mol. The number of halogens is 1. The van der Waals surface area contributed by atoms with Gasteiger partial charge in [0.05, 0.1) is 13.7 Å². The highest BCUT2D eigenvalue weighted by Gasteiger charge is 2.11. The quantitative estimate of drug-likeness (QED) is 0.336. The van der Waals surface area contributed by atoms with Crippen molar-refractivity contribution < 1.29 is 4.74 Å². The molecule has 0 radical (unpaired) electrons. The Morgan fingerprint density at radius 1 is 1.27 bits per heavy atom. The maximum absolute atomic E-state index is 5.31. The van der Waals surface area contributed by atoms with Crippen molar-refractivity contribution in [3.8, 4) is 5.75 Å². The average molecular weight is 415 g/mol. The second-order valence-corrected chi connectivity index (χ2v) is 5.34. The molecule has 1 aliphatic carbocycles. The lowest BCUT2D eigenvalue weighted by atomic mass is 10.1. The van der Waals surface area contributed by atoms with Crippen LogP contribution in [0.15, 0.2) is 35.3 Å². The van der Waals surface area contributed by atoms with E-state index in [-0.39, 0.29) is 24.0 Å². The molecule has 5 heteroatoms. The van der Waals surface area contributed by atoms with E-state index in [0.717, 1.165) is 36.7 Å². The number of ether oxygens (including phenoxy) is 1. The number of methoxy groups -OCH3 is 1. The zero-order valence-corrected chi connectivity index (χ0v) is 15.9. The monoisotopic (exact) mass is 415 g/mol. The van der Waals surface area contributed by atoms with Gasteiger partial charge in [-0.05, 0) is 49.9 Å². The number of aryl methyl sites for hydroxylation is 1. The maximum atomic E-state index is 5.31. The molecule has 0 amide bonds. The van der Waals surface area contributed by atoms with Gasteiger partial charge in [-0.2, -0.15) is 0 Å². The van der Waals surface area contributed by atoms with Crippen molar-refractivity contribution in [2.75, 3.05) is 13.7 Å². The molecule has 0 heterocycles. The van der Waals surface area contributed by atoms with Gasteiger partial charge in [-0.25, -0.2) is 4.99 Å². The number of nitrogens with one attached hydrogen (secondary N) is 2. The lowest BCUT2D eigenvalue weighted by Crippen LogP contribution is -2.42. The summed E-state index contributed by atoms with van der Waals surface area (Å²) in [5, 5.41) is 6.78. The van der Waals surface area contributed by atoms with E-state index in [2.05, 4.69) is 47.7 Å². The predicted octanol–water partition coefficient (Wildman–Crippen LogP) is 3.40. The van der Waals surface area contributed by atoms with Crippen LogP contribution in [0.25, 0.3) is 0 Å². The second-order valence-electron chi connectivity index (χ2n) is 5.34. The molecule has 0 bridgehead atoms. The molecule has 0 unspecified atom stereocenters. The van der Waals surface area contributed by atoms with Crippen molar-refractivity contribution in [2.45, 2.75) is 39.3 Å². The van der Waals surface area contributed by atoms with E-state index in [1.54, 1.807) is 7.11 Å². The fraction of sp³-hybridized carbons (Fsp3) is 0.471. The van der Waals surface area contributed by atoms with Gasteiger partial charge in [0.1, 0.15) is 5.75 Å². The van der Waals surface area contributed by atoms with Crippen molar-refractivity contribution in [2.24, 2.45) is 4.99 Å². The zero-order valence-electron chi connectivity index (χ0n) is 13.6. The van der Waals surface area contributed by atoms with Gasteiger partial charge < -0.3 is 15.4 Å². The molecule has 0 aromatic heterocycles. The van der Waals surface area contributed by atoms with E-state index in [4.69, 9.17) is 4.74 Å². The van der Waals surface area contributed by atoms with Gasteiger partial charge in [-0.15, -0.1) is 24.0 Å². The third kappa shape index (κ3) is 5.87. The second kappa shape index (κ2) is 9.71. The van der Waals surface area contributed by atoms with Gasteiger partial charge in [0.15, 0.2) is 5.96 Å². The van der Waals surface area contributed by atoms with Crippen molar-refractivity contribution in [1.29, 1.82) is 0 Å². The van der Waals surface area contributed by atoms with Gasteiger partial charge in [-0.1, -0.05) is 18.2 Å². The number of guanidine groups is 1. The van der Waals surface area contributed by atoms with Crippen LogP contribution >= 0.6 is 24.0 Å². The minimum atomic E-state index is 0. The molecule has 0 spiro atoms. The third-order valence-electron chi connectivity index (χ3n) is 3.46. The van der Waals surface area contributed by atoms with Crippen LogP contribution in [0.4, 0.5) is 0 Å². The smallest absolute Gasteiger partial charge is 0.191 e. The molecule has 122 valence electrons. The molecule has 1 aliphatic rings. The highest BCUT2D eigenvalue weighted by atomic mass is 127. The SMILES string of the molecule is CCNC(=NCc1cc(C)cc(OC)c1)NC1CC=CC1.I. The van der Waals surface area contributed by atoms with Gasteiger partial charge in [0.2, 0.25) is 0 Å². The molecule has 2 rings (SSSR count). The van der Waals surface area contributed by atoms with E-state index >= 15 is 0 Å². The fourth-order valence-electron chi connectivity index (χ4n) is 2.45. The number of nitrogens with zero attached hydrogens (tertiary/aromatic N) is 1. The molecule has 1 aromatic rings. The van der Waals surface area contributed by atoms with E-state index in [1.165, 1.54) is 5.56 Å². The normalized spacial score (nSPS) is 14.6. The van der Waals surface area contributed by atoms with Crippen molar-refractivity contribution in [3.05, 3.63) is 41.5 Å². The molecular formula is C17H26IN3O. The number of rotatable bonds is 5. The Morgan fingerprint density at radius 3 is 2.64 bits per heavy atom. The summed E-state index contributed by atoms with van der Waals surface area (Å²) in [6, 6.07) is 6.68. The summed E-state index contributed by atoms with van der Waals surface area (Å²) in [7, 11) is 1.69. The van der Waals surface area contributed by atoms with Gasteiger partial charge in [-0.3, -0.25) is 0 Å². The van der Waals surface area contributed by atoms with E-state index < -0.39 is 0 Å². The van der Waals surface area contributed by atoms with E-state index in [1.807, 2.05) is 12.1 Å². The van der Waals surface area contributed by atoms with Crippen molar-refractivity contribution in [3.63, 3.8) is 0 Å². The van der Waals surface area contributed by atoms with Crippen LogP contribution in [0, 0.1) is 6.92 Å². The number of hydrogen-bond acceptors (Lipinski definition) is 2. The van der Waals surface area contributed by atoms with Gasteiger partial charge in [0.25, 0.3) is 0 Å². The number of hydrogen-bond donors (Lipinski definition) is 2. The molecular weight excluding hydrogens is 389 g/mol.